The van der Waals surface area contributed by atoms with E-state index in [1.54, 1.807) is 0 Å². The summed E-state index contributed by atoms with van der Waals surface area (Å²) in [6.07, 6.45) is 2.14. The number of benzene rings is 1. The molecule has 0 saturated heterocycles. The fourth-order valence-corrected chi connectivity index (χ4v) is 1.98. The van der Waals surface area contributed by atoms with Crippen LogP contribution in [0.4, 0.5) is 0 Å². The quantitative estimate of drug-likeness (QED) is 0.819. The number of nitrogens with two attached hydrogens (primary N) is 1. The lowest BCUT2D eigenvalue weighted by Crippen LogP contribution is -2.18. The van der Waals surface area contributed by atoms with E-state index in [-0.39, 0.29) is 11.0 Å². The Labute approximate surface area is 101 Å². The van der Waals surface area contributed by atoms with E-state index in [0.717, 1.165) is 29.8 Å². The highest BCUT2D eigenvalue weighted by Crippen LogP contribution is 2.43. The first-order valence-corrected chi connectivity index (χ1v) is 6.09. The first-order chi connectivity index (χ1) is 7.88. The summed E-state index contributed by atoms with van der Waals surface area (Å²) in [4.78, 5) is 4.56. The van der Waals surface area contributed by atoms with Crippen LogP contribution in [0.15, 0.2) is 22.6 Å². The molecule has 1 aliphatic carbocycles. The van der Waals surface area contributed by atoms with E-state index in [2.05, 4.69) is 37.9 Å². The topological polar surface area (TPSA) is 52.0 Å². The molecule has 2 aromatic rings. The van der Waals surface area contributed by atoms with Crippen LogP contribution in [0.1, 0.15) is 45.1 Å². The van der Waals surface area contributed by atoms with E-state index < -0.39 is 0 Å². The summed E-state index contributed by atoms with van der Waals surface area (Å²) in [5.41, 5.74) is 8.98. The Morgan fingerprint density at radius 1 is 1.29 bits per heavy atom. The molecule has 0 radical (unpaired) electrons. The van der Waals surface area contributed by atoms with Crippen molar-refractivity contribution in [3.05, 3.63) is 29.7 Å². The van der Waals surface area contributed by atoms with Crippen molar-refractivity contribution in [2.24, 2.45) is 5.73 Å². The maximum Gasteiger partial charge on any atom is 0.200 e. The smallest absolute Gasteiger partial charge is 0.200 e. The van der Waals surface area contributed by atoms with Gasteiger partial charge in [0.25, 0.3) is 0 Å². The lowest BCUT2D eigenvalue weighted by Gasteiger charge is -2.11. The van der Waals surface area contributed by atoms with Crippen molar-refractivity contribution < 1.29 is 4.42 Å². The van der Waals surface area contributed by atoms with Crippen molar-refractivity contribution in [2.75, 3.05) is 0 Å². The second kappa shape index (κ2) is 3.10. The number of hydrogen-bond acceptors (Lipinski definition) is 3. The Bertz CT molecular complexity index is 570. The highest BCUT2D eigenvalue weighted by atomic mass is 16.3. The normalized spacial score (nSPS) is 18.6. The van der Waals surface area contributed by atoms with E-state index >= 15 is 0 Å². The highest BCUT2D eigenvalue weighted by Gasteiger charge is 2.40. The molecule has 0 atom stereocenters. The molecule has 0 unspecified atom stereocenters. The van der Waals surface area contributed by atoms with Gasteiger partial charge in [0.2, 0.25) is 5.89 Å². The zero-order valence-electron chi connectivity index (χ0n) is 10.6. The summed E-state index contributed by atoms with van der Waals surface area (Å²) in [7, 11) is 0. The molecule has 3 heteroatoms. The van der Waals surface area contributed by atoms with Crippen molar-refractivity contribution in [2.45, 2.75) is 44.6 Å². The monoisotopic (exact) mass is 230 g/mol. The second-order valence-electron chi connectivity index (χ2n) is 6.11. The van der Waals surface area contributed by atoms with Gasteiger partial charge in [-0.2, -0.15) is 0 Å². The third-order valence-electron chi connectivity index (χ3n) is 3.39. The van der Waals surface area contributed by atoms with Gasteiger partial charge in [-0.3, -0.25) is 0 Å². The molecule has 1 heterocycles. The Balaban J connectivity index is 2.11. The average molecular weight is 230 g/mol. The van der Waals surface area contributed by atoms with E-state index in [4.69, 9.17) is 10.2 Å². The van der Waals surface area contributed by atoms with Crippen molar-refractivity contribution in [1.29, 1.82) is 0 Å². The van der Waals surface area contributed by atoms with Crippen LogP contribution in [0.25, 0.3) is 11.1 Å². The minimum atomic E-state index is -0.102. The predicted molar refractivity (Wildman–Crippen MR) is 67.8 cm³/mol. The van der Waals surface area contributed by atoms with Crippen molar-refractivity contribution in [3.8, 4) is 0 Å². The molecule has 17 heavy (non-hydrogen) atoms. The van der Waals surface area contributed by atoms with Gasteiger partial charge in [0.1, 0.15) is 5.52 Å². The Kier molecular flexibility index (Phi) is 1.97. The van der Waals surface area contributed by atoms with Crippen LogP contribution in [0.2, 0.25) is 0 Å². The number of aromatic nitrogens is 1. The number of oxazole rings is 1. The van der Waals surface area contributed by atoms with Crippen LogP contribution in [0.5, 0.6) is 0 Å². The lowest BCUT2D eigenvalue weighted by molar-refractivity contribution is 0.411. The number of fused-ring (bicyclic) bond motifs is 1. The molecular formula is C14H18N2O. The summed E-state index contributed by atoms with van der Waals surface area (Å²) < 4.78 is 5.77. The van der Waals surface area contributed by atoms with E-state index in [1.807, 2.05) is 6.07 Å². The van der Waals surface area contributed by atoms with Gasteiger partial charge in [0.05, 0.1) is 0 Å². The Hall–Kier alpha value is -1.35. The van der Waals surface area contributed by atoms with Crippen molar-refractivity contribution in [1.82, 2.24) is 4.98 Å². The van der Waals surface area contributed by atoms with Crippen LogP contribution < -0.4 is 5.73 Å². The van der Waals surface area contributed by atoms with Gasteiger partial charge < -0.3 is 10.2 Å². The van der Waals surface area contributed by atoms with Crippen LogP contribution in [-0.4, -0.2) is 4.98 Å². The molecule has 1 fully saturated rings. The van der Waals surface area contributed by atoms with Crippen LogP contribution >= 0.6 is 0 Å². The molecule has 1 saturated carbocycles. The Morgan fingerprint density at radius 2 is 2.00 bits per heavy atom. The molecule has 0 bridgehead atoms. The van der Waals surface area contributed by atoms with Gasteiger partial charge in [-0.05, 0) is 30.5 Å². The Morgan fingerprint density at radius 3 is 2.59 bits per heavy atom. The molecule has 3 nitrogen and oxygen atoms in total. The van der Waals surface area contributed by atoms with Gasteiger partial charge in [-0.15, -0.1) is 0 Å². The number of rotatable bonds is 1. The summed E-state index contributed by atoms with van der Waals surface area (Å²) in [6, 6.07) is 6.12. The molecule has 0 aliphatic heterocycles. The average Bonchev–Trinajstić information content (AvgIpc) is 2.85. The molecule has 90 valence electrons. The van der Waals surface area contributed by atoms with Crippen LogP contribution in [-0.2, 0) is 11.0 Å². The highest BCUT2D eigenvalue weighted by molar-refractivity contribution is 5.74. The second-order valence-corrected chi connectivity index (χ2v) is 6.11. The summed E-state index contributed by atoms with van der Waals surface area (Å²) in [5, 5.41) is 0. The fraction of sp³-hybridized carbons (Fsp3) is 0.500. The third kappa shape index (κ3) is 1.75. The third-order valence-corrected chi connectivity index (χ3v) is 3.39. The standard InChI is InChI=1S/C14H18N2O/c1-13(2,3)12-16-10-8-9(14(15)6-7-14)4-5-11(10)17-12/h4-5,8H,6-7,15H2,1-3H3. The number of hydrogen-bond donors (Lipinski definition) is 1. The zero-order valence-corrected chi connectivity index (χ0v) is 10.6. The molecule has 0 amide bonds. The molecule has 1 aromatic carbocycles. The summed E-state index contributed by atoms with van der Waals surface area (Å²) >= 11 is 0. The molecule has 0 spiro atoms. The largest absolute Gasteiger partial charge is 0.440 e. The van der Waals surface area contributed by atoms with Gasteiger partial charge in [0.15, 0.2) is 5.58 Å². The summed E-state index contributed by atoms with van der Waals surface area (Å²) in [6.45, 7) is 6.30. The molecule has 1 aromatic heterocycles. The fourth-order valence-electron chi connectivity index (χ4n) is 1.98. The molecule has 1 aliphatic rings. The van der Waals surface area contributed by atoms with Crippen LogP contribution in [0, 0.1) is 0 Å². The van der Waals surface area contributed by atoms with Gasteiger partial charge in [0, 0.05) is 11.0 Å². The van der Waals surface area contributed by atoms with Crippen molar-refractivity contribution >= 4 is 11.1 Å². The molecule has 2 N–H and O–H groups in total. The SMILES string of the molecule is CC(C)(C)c1nc2cc(C3(N)CC3)ccc2o1. The first-order valence-electron chi connectivity index (χ1n) is 6.09. The van der Waals surface area contributed by atoms with Gasteiger partial charge >= 0.3 is 0 Å². The van der Waals surface area contributed by atoms with Crippen LogP contribution in [0.3, 0.4) is 0 Å². The first kappa shape index (κ1) is 10.8. The summed E-state index contributed by atoms with van der Waals surface area (Å²) in [5.74, 6) is 0.784. The van der Waals surface area contributed by atoms with E-state index in [9.17, 15) is 0 Å². The van der Waals surface area contributed by atoms with Crippen molar-refractivity contribution in [3.63, 3.8) is 0 Å². The maximum atomic E-state index is 6.19. The molecule has 3 rings (SSSR count). The molecular weight excluding hydrogens is 212 g/mol. The van der Waals surface area contributed by atoms with E-state index in [0.29, 0.717) is 0 Å². The minimum absolute atomic E-state index is 0.0564. The van der Waals surface area contributed by atoms with Gasteiger partial charge in [-0.25, -0.2) is 4.98 Å². The van der Waals surface area contributed by atoms with Gasteiger partial charge in [-0.1, -0.05) is 26.8 Å². The lowest BCUT2D eigenvalue weighted by atomic mass is 9.97. The number of nitrogens with zero attached hydrogens (tertiary/aromatic N) is 1. The predicted octanol–water partition coefficient (Wildman–Crippen LogP) is 3.07. The maximum absolute atomic E-state index is 6.19. The zero-order chi connectivity index (χ0) is 12.3. The minimum Gasteiger partial charge on any atom is -0.440 e. The van der Waals surface area contributed by atoms with E-state index in [1.165, 1.54) is 5.56 Å².